The van der Waals surface area contributed by atoms with Crippen molar-refractivity contribution >= 4 is 34.0 Å². The molecule has 0 unspecified atom stereocenters. The molecule has 0 saturated heterocycles. The molecule has 8 heteroatoms. The number of ether oxygens (including phenoxy) is 1. The zero-order valence-corrected chi connectivity index (χ0v) is 15.5. The topological polar surface area (TPSA) is 101 Å². The zero-order chi connectivity index (χ0) is 19.4. The van der Waals surface area contributed by atoms with Crippen molar-refractivity contribution in [3.05, 3.63) is 64.7 Å². The standard InChI is InChI=1S/C19H17N3O4S/c1-11-3-8-14(16(23)9-11)20-18(25)15-10-27-19(21-15)22-17(24)12-4-6-13(26-2)7-5-12/h3-10,23H,1-2H3,(H,20,25)(H,21,22,24). The van der Waals surface area contributed by atoms with Crippen molar-refractivity contribution in [1.82, 2.24) is 4.98 Å². The first-order chi connectivity index (χ1) is 13.0. The Bertz CT molecular complexity index is 983. The number of carbonyl (C=O) groups excluding carboxylic acids is 2. The summed E-state index contributed by atoms with van der Waals surface area (Å²) < 4.78 is 5.06. The molecule has 0 aliphatic heterocycles. The number of amides is 2. The fourth-order valence-corrected chi connectivity index (χ4v) is 2.97. The van der Waals surface area contributed by atoms with Crippen molar-refractivity contribution in [2.45, 2.75) is 6.92 Å². The average molecular weight is 383 g/mol. The molecule has 27 heavy (non-hydrogen) atoms. The second kappa shape index (κ2) is 7.88. The molecular weight excluding hydrogens is 366 g/mol. The molecule has 2 amide bonds. The minimum absolute atomic E-state index is 0.0217. The summed E-state index contributed by atoms with van der Waals surface area (Å²) in [6, 6.07) is 11.6. The Morgan fingerprint density at radius 1 is 1.07 bits per heavy atom. The Hall–Kier alpha value is -3.39. The number of nitrogens with one attached hydrogen (secondary N) is 2. The van der Waals surface area contributed by atoms with Gasteiger partial charge in [-0.25, -0.2) is 4.98 Å². The second-order valence-electron chi connectivity index (χ2n) is 5.70. The molecule has 0 aliphatic rings. The number of aryl methyl sites for hydroxylation is 1. The van der Waals surface area contributed by atoms with Gasteiger partial charge in [0.05, 0.1) is 12.8 Å². The van der Waals surface area contributed by atoms with Gasteiger partial charge in [0.25, 0.3) is 11.8 Å². The van der Waals surface area contributed by atoms with Gasteiger partial charge in [-0.3, -0.25) is 14.9 Å². The van der Waals surface area contributed by atoms with Gasteiger partial charge >= 0.3 is 0 Å². The first-order valence-electron chi connectivity index (χ1n) is 7.98. The fourth-order valence-electron chi connectivity index (χ4n) is 2.28. The molecule has 0 spiro atoms. The predicted octanol–water partition coefficient (Wildman–Crippen LogP) is 3.67. The number of aromatic hydroxyl groups is 1. The van der Waals surface area contributed by atoms with E-state index < -0.39 is 5.91 Å². The number of phenolic OH excluding ortho intramolecular Hbond substituents is 1. The van der Waals surface area contributed by atoms with Gasteiger partial charge in [0, 0.05) is 10.9 Å². The SMILES string of the molecule is COc1ccc(C(=O)Nc2nc(C(=O)Nc3ccc(C)cc3O)cs2)cc1. The average Bonchev–Trinajstić information content (AvgIpc) is 3.12. The monoisotopic (exact) mass is 383 g/mol. The van der Waals surface area contributed by atoms with Gasteiger partial charge in [0.15, 0.2) is 5.13 Å². The van der Waals surface area contributed by atoms with Gasteiger partial charge in [-0.15, -0.1) is 11.3 Å². The van der Waals surface area contributed by atoms with Crippen molar-refractivity contribution < 1.29 is 19.4 Å². The summed E-state index contributed by atoms with van der Waals surface area (Å²) >= 11 is 1.13. The van der Waals surface area contributed by atoms with Crippen LogP contribution < -0.4 is 15.4 Å². The summed E-state index contributed by atoms with van der Waals surface area (Å²) in [5.41, 5.74) is 1.76. The first kappa shape index (κ1) is 18.4. The van der Waals surface area contributed by atoms with E-state index in [2.05, 4.69) is 15.6 Å². The summed E-state index contributed by atoms with van der Waals surface area (Å²) in [6.07, 6.45) is 0. The van der Waals surface area contributed by atoms with Crippen molar-refractivity contribution in [1.29, 1.82) is 0 Å². The number of methoxy groups -OCH3 is 1. The number of hydrogen-bond donors (Lipinski definition) is 3. The summed E-state index contributed by atoms with van der Waals surface area (Å²) in [6.45, 7) is 1.84. The molecule has 0 fully saturated rings. The van der Waals surface area contributed by atoms with Gasteiger partial charge in [-0.05, 0) is 48.9 Å². The van der Waals surface area contributed by atoms with E-state index in [0.29, 0.717) is 22.1 Å². The van der Waals surface area contributed by atoms with Crippen LogP contribution in [0.3, 0.4) is 0 Å². The van der Waals surface area contributed by atoms with E-state index >= 15 is 0 Å². The van der Waals surface area contributed by atoms with Crippen LogP contribution in [0, 0.1) is 6.92 Å². The number of nitrogens with zero attached hydrogens (tertiary/aromatic N) is 1. The molecule has 0 atom stereocenters. The highest BCUT2D eigenvalue weighted by molar-refractivity contribution is 7.14. The summed E-state index contributed by atoms with van der Waals surface area (Å²) in [7, 11) is 1.55. The Morgan fingerprint density at radius 3 is 2.48 bits per heavy atom. The molecule has 7 nitrogen and oxygen atoms in total. The molecule has 3 rings (SSSR count). The number of benzene rings is 2. The first-order valence-corrected chi connectivity index (χ1v) is 8.86. The highest BCUT2D eigenvalue weighted by Gasteiger charge is 2.15. The molecule has 0 saturated carbocycles. The largest absolute Gasteiger partial charge is 0.506 e. The minimum atomic E-state index is -0.477. The maximum absolute atomic E-state index is 12.3. The quantitative estimate of drug-likeness (QED) is 0.584. The number of carbonyl (C=O) groups is 2. The van der Waals surface area contributed by atoms with Gasteiger partial charge in [0.2, 0.25) is 0 Å². The lowest BCUT2D eigenvalue weighted by molar-refractivity contribution is 0.101. The predicted molar refractivity (Wildman–Crippen MR) is 104 cm³/mol. The third kappa shape index (κ3) is 4.42. The molecule has 3 aromatic rings. The van der Waals surface area contributed by atoms with Crippen molar-refractivity contribution in [3.63, 3.8) is 0 Å². The smallest absolute Gasteiger partial charge is 0.275 e. The third-order valence-electron chi connectivity index (χ3n) is 3.71. The van der Waals surface area contributed by atoms with Crippen LogP contribution in [0.2, 0.25) is 0 Å². The normalized spacial score (nSPS) is 10.3. The number of hydrogen-bond acceptors (Lipinski definition) is 6. The maximum Gasteiger partial charge on any atom is 0.275 e. The van der Waals surface area contributed by atoms with Crippen LogP contribution in [0.15, 0.2) is 47.8 Å². The number of thiazole rings is 1. The maximum atomic E-state index is 12.3. The Labute approximate surface area is 159 Å². The van der Waals surface area contributed by atoms with Crippen LogP contribution in [-0.4, -0.2) is 29.0 Å². The van der Waals surface area contributed by atoms with E-state index in [-0.39, 0.29) is 17.4 Å². The van der Waals surface area contributed by atoms with Crippen molar-refractivity contribution in [2.75, 3.05) is 17.7 Å². The van der Waals surface area contributed by atoms with E-state index in [4.69, 9.17) is 4.74 Å². The van der Waals surface area contributed by atoms with E-state index in [9.17, 15) is 14.7 Å². The van der Waals surface area contributed by atoms with Crippen LogP contribution in [0.4, 0.5) is 10.8 Å². The van der Waals surface area contributed by atoms with E-state index in [1.807, 2.05) is 6.92 Å². The van der Waals surface area contributed by atoms with Gasteiger partial charge in [-0.1, -0.05) is 6.07 Å². The Morgan fingerprint density at radius 2 is 1.81 bits per heavy atom. The molecule has 2 aromatic carbocycles. The summed E-state index contributed by atoms with van der Waals surface area (Å²) in [5.74, 6) is -0.184. The fraction of sp³-hybridized carbons (Fsp3) is 0.105. The molecular formula is C19H17N3O4S. The number of phenols is 1. The molecule has 0 aliphatic carbocycles. The number of aromatic nitrogens is 1. The number of rotatable bonds is 5. The Balaban J connectivity index is 1.66. The van der Waals surface area contributed by atoms with Crippen LogP contribution in [0.1, 0.15) is 26.4 Å². The number of anilines is 2. The summed E-state index contributed by atoms with van der Waals surface area (Å²) in [5, 5.41) is 17.0. The van der Waals surface area contributed by atoms with E-state index in [0.717, 1.165) is 16.9 Å². The van der Waals surface area contributed by atoms with Crippen LogP contribution in [0.5, 0.6) is 11.5 Å². The molecule has 0 bridgehead atoms. The lowest BCUT2D eigenvalue weighted by Gasteiger charge is -2.06. The molecule has 0 radical (unpaired) electrons. The van der Waals surface area contributed by atoms with Crippen LogP contribution in [-0.2, 0) is 0 Å². The molecule has 3 N–H and O–H groups in total. The zero-order valence-electron chi connectivity index (χ0n) is 14.6. The second-order valence-corrected chi connectivity index (χ2v) is 6.55. The van der Waals surface area contributed by atoms with Gasteiger partial charge in [0.1, 0.15) is 17.2 Å². The van der Waals surface area contributed by atoms with Crippen molar-refractivity contribution in [2.24, 2.45) is 0 Å². The van der Waals surface area contributed by atoms with E-state index in [1.165, 1.54) is 5.38 Å². The lowest BCUT2D eigenvalue weighted by Crippen LogP contribution is -2.14. The van der Waals surface area contributed by atoms with Crippen molar-refractivity contribution in [3.8, 4) is 11.5 Å². The molecule has 1 heterocycles. The van der Waals surface area contributed by atoms with Gasteiger partial charge < -0.3 is 15.2 Å². The van der Waals surface area contributed by atoms with Crippen LogP contribution >= 0.6 is 11.3 Å². The highest BCUT2D eigenvalue weighted by Crippen LogP contribution is 2.25. The molecule has 1 aromatic heterocycles. The highest BCUT2D eigenvalue weighted by atomic mass is 32.1. The lowest BCUT2D eigenvalue weighted by atomic mass is 10.2. The Kier molecular flexibility index (Phi) is 5.37. The third-order valence-corrected chi connectivity index (χ3v) is 4.47. The summed E-state index contributed by atoms with van der Waals surface area (Å²) in [4.78, 5) is 28.6. The minimum Gasteiger partial charge on any atom is -0.506 e. The van der Waals surface area contributed by atoms with Gasteiger partial charge in [-0.2, -0.15) is 0 Å². The van der Waals surface area contributed by atoms with Crippen LogP contribution in [0.25, 0.3) is 0 Å². The molecule has 138 valence electrons. The van der Waals surface area contributed by atoms with E-state index in [1.54, 1.807) is 49.6 Å².